The standard InChI is InChI=1S/C36H42O19/c1-18(38)49-15-26-30(44)32(46)33(51-19(2)39)35(52-26)55-36(17-37)34(53-29(43)12-8-21-6-10-23(41)25(14-21)48-4)31(45)27(54-36)16-50-28(42)11-7-20-5-9-22(40)24(13-20)47-3/h5-14,26-27,30-35,37,40-41,44-46H,15-17H2,1-4H3. The second-order valence-electron chi connectivity index (χ2n) is 12.2. The maximum atomic E-state index is 13.2. The molecular formula is C36H42O19. The van der Waals surface area contributed by atoms with E-state index in [1.807, 2.05) is 0 Å². The molecule has 0 radical (unpaired) electrons. The number of ether oxygens (including phenoxy) is 9. The molecule has 6 N–H and O–H groups in total. The van der Waals surface area contributed by atoms with Gasteiger partial charge in [-0.25, -0.2) is 9.59 Å². The van der Waals surface area contributed by atoms with E-state index in [4.69, 9.17) is 42.6 Å². The zero-order valence-electron chi connectivity index (χ0n) is 30.0. The monoisotopic (exact) mass is 778 g/mol. The minimum absolute atomic E-state index is 0.104. The molecule has 0 aromatic heterocycles. The Labute approximate surface area is 313 Å². The van der Waals surface area contributed by atoms with Crippen molar-refractivity contribution in [1.29, 1.82) is 0 Å². The third-order valence-electron chi connectivity index (χ3n) is 8.27. The van der Waals surface area contributed by atoms with E-state index < -0.39 is 98.5 Å². The number of aliphatic hydroxyl groups excluding tert-OH is 4. The smallest absolute Gasteiger partial charge is 0.331 e. The summed E-state index contributed by atoms with van der Waals surface area (Å²) in [6.07, 6.45) is -9.75. The molecule has 19 nitrogen and oxygen atoms in total. The SMILES string of the molecule is COc1cc(C=CC(=O)OCC2OC(CO)(OC3OC(COC(C)=O)C(O)C(O)C3OC(C)=O)C(OC(=O)C=Cc3ccc(O)c(OC)c3)C2O)ccc1O. The first-order chi connectivity index (χ1) is 26.1. The lowest BCUT2D eigenvalue weighted by Gasteiger charge is -2.44. The topological polar surface area (TPSA) is 273 Å². The highest BCUT2D eigenvalue weighted by Gasteiger charge is 2.61. The highest BCUT2D eigenvalue weighted by Crippen LogP contribution is 2.39. The first-order valence-electron chi connectivity index (χ1n) is 16.6. The minimum Gasteiger partial charge on any atom is -0.504 e. The fourth-order valence-corrected chi connectivity index (χ4v) is 5.55. The summed E-state index contributed by atoms with van der Waals surface area (Å²) in [5.41, 5.74) is 0.839. The van der Waals surface area contributed by atoms with Gasteiger partial charge in [0.15, 0.2) is 35.2 Å². The number of aromatic hydroxyl groups is 2. The number of phenols is 2. The van der Waals surface area contributed by atoms with Crippen LogP contribution in [0.4, 0.5) is 0 Å². The molecule has 0 aliphatic carbocycles. The molecule has 4 rings (SSSR count). The predicted octanol–water partition coefficient (Wildman–Crippen LogP) is -0.297. The van der Waals surface area contributed by atoms with Gasteiger partial charge in [-0.2, -0.15) is 0 Å². The van der Waals surface area contributed by atoms with Crippen molar-refractivity contribution < 1.29 is 92.4 Å². The first-order valence-corrected chi connectivity index (χ1v) is 16.6. The molecule has 19 heteroatoms. The summed E-state index contributed by atoms with van der Waals surface area (Å²) in [5, 5.41) is 63.4. The summed E-state index contributed by atoms with van der Waals surface area (Å²) in [7, 11) is 2.67. The van der Waals surface area contributed by atoms with E-state index in [0.29, 0.717) is 11.1 Å². The molecule has 9 unspecified atom stereocenters. The molecule has 2 saturated heterocycles. The van der Waals surface area contributed by atoms with Crippen LogP contribution in [-0.2, 0) is 52.3 Å². The molecule has 55 heavy (non-hydrogen) atoms. The van der Waals surface area contributed by atoms with Gasteiger partial charge < -0.3 is 73.3 Å². The Morgan fingerprint density at radius 2 is 1.31 bits per heavy atom. The highest BCUT2D eigenvalue weighted by molar-refractivity contribution is 5.88. The van der Waals surface area contributed by atoms with Crippen LogP contribution >= 0.6 is 0 Å². The van der Waals surface area contributed by atoms with Gasteiger partial charge in [0.25, 0.3) is 0 Å². The van der Waals surface area contributed by atoms with Crippen molar-refractivity contribution in [2.24, 2.45) is 0 Å². The van der Waals surface area contributed by atoms with Crippen molar-refractivity contribution >= 4 is 36.0 Å². The third kappa shape index (κ3) is 10.7. The fourth-order valence-electron chi connectivity index (χ4n) is 5.55. The van der Waals surface area contributed by atoms with Gasteiger partial charge in [0.1, 0.15) is 50.3 Å². The predicted molar refractivity (Wildman–Crippen MR) is 183 cm³/mol. The van der Waals surface area contributed by atoms with Crippen molar-refractivity contribution in [2.45, 2.75) is 68.7 Å². The zero-order chi connectivity index (χ0) is 40.4. The number of phenolic OH excluding ortho intramolecular Hbond substituents is 2. The highest BCUT2D eigenvalue weighted by atomic mass is 16.8. The summed E-state index contributed by atoms with van der Waals surface area (Å²) in [6.45, 7) is -0.455. The first kappa shape index (κ1) is 42.5. The zero-order valence-corrected chi connectivity index (χ0v) is 30.0. The molecule has 2 heterocycles. The molecule has 300 valence electrons. The van der Waals surface area contributed by atoms with Gasteiger partial charge in [-0.15, -0.1) is 0 Å². The maximum Gasteiger partial charge on any atom is 0.331 e. The summed E-state index contributed by atoms with van der Waals surface area (Å²) >= 11 is 0. The molecule has 0 spiro atoms. The van der Waals surface area contributed by atoms with Gasteiger partial charge in [0, 0.05) is 26.0 Å². The van der Waals surface area contributed by atoms with Gasteiger partial charge in [-0.1, -0.05) is 12.1 Å². The number of hydrogen-bond acceptors (Lipinski definition) is 19. The van der Waals surface area contributed by atoms with Crippen LogP contribution in [0.25, 0.3) is 12.2 Å². The van der Waals surface area contributed by atoms with Crippen LogP contribution in [0, 0.1) is 0 Å². The van der Waals surface area contributed by atoms with Crippen LogP contribution in [0.5, 0.6) is 23.0 Å². The second-order valence-corrected chi connectivity index (χ2v) is 12.2. The lowest BCUT2D eigenvalue weighted by Crippen LogP contribution is -2.64. The molecule has 9 atom stereocenters. The maximum absolute atomic E-state index is 13.2. The molecular weight excluding hydrogens is 736 g/mol. The van der Waals surface area contributed by atoms with E-state index in [1.54, 1.807) is 0 Å². The van der Waals surface area contributed by atoms with Crippen LogP contribution in [0.2, 0.25) is 0 Å². The Balaban J connectivity index is 1.61. The Bertz CT molecular complexity index is 1740. The van der Waals surface area contributed by atoms with E-state index in [-0.39, 0.29) is 23.0 Å². The lowest BCUT2D eigenvalue weighted by molar-refractivity contribution is -0.383. The van der Waals surface area contributed by atoms with Crippen LogP contribution in [-0.4, -0.2) is 143 Å². The Morgan fingerprint density at radius 3 is 1.84 bits per heavy atom. The summed E-state index contributed by atoms with van der Waals surface area (Å²) in [6, 6.07) is 8.47. The van der Waals surface area contributed by atoms with Crippen molar-refractivity contribution in [2.75, 3.05) is 34.0 Å². The molecule has 2 aromatic carbocycles. The number of esters is 4. The Morgan fingerprint density at radius 1 is 0.745 bits per heavy atom. The lowest BCUT2D eigenvalue weighted by atomic mass is 9.98. The van der Waals surface area contributed by atoms with Crippen LogP contribution in [0.1, 0.15) is 25.0 Å². The van der Waals surface area contributed by atoms with Gasteiger partial charge in [0.2, 0.25) is 12.1 Å². The van der Waals surface area contributed by atoms with Gasteiger partial charge in [0.05, 0.1) is 14.2 Å². The fraction of sp³-hybridized carbons (Fsp3) is 0.444. The average Bonchev–Trinajstić information content (AvgIpc) is 3.41. The number of carbonyl (C=O) groups is 4. The second kappa shape index (κ2) is 18.8. The Kier molecular flexibility index (Phi) is 14.6. The van der Waals surface area contributed by atoms with E-state index >= 15 is 0 Å². The molecule has 2 aliphatic rings. The van der Waals surface area contributed by atoms with E-state index in [1.165, 1.54) is 62.8 Å². The molecule has 2 fully saturated rings. The number of methoxy groups -OCH3 is 2. The number of carbonyl (C=O) groups excluding carboxylic acids is 4. The largest absolute Gasteiger partial charge is 0.504 e. The molecule has 2 aliphatic heterocycles. The van der Waals surface area contributed by atoms with Crippen molar-refractivity contribution in [1.82, 2.24) is 0 Å². The van der Waals surface area contributed by atoms with E-state index in [9.17, 15) is 49.8 Å². The summed E-state index contributed by atoms with van der Waals surface area (Å²) < 4.78 is 48.5. The summed E-state index contributed by atoms with van der Waals surface area (Å²) in [5.74, 6) is -6.39. The van der Waals surface area contributed by atoms with Crippen molar-refractivity contribution in [3.63, 3.8) is 0 Å². The number of benzene rings is 2. The van der Waals surface area contributed by atoms with Crippen LogP contribution in [0.3, 0.4) is 0 Å². The number of hydrogen-bond donors (Lipinski definition) is 6. The molecule has 2 aromatic rings. The normalized spacial score (nSPS) is 27.8. The van der Waals surface area contributed by atoms with Crippen molar-refractivity contribution in [3.8, 4) is 23.0 Å². The molecule has 0 amide bonds. The minimum atomic E-state index is -2.59. The molecule has 0 bridgehead atoms. The number of aliphatic hydroxyl groups is 4. The average molecular weight is 779 g/mol. The van der Waals surface area contributed by atoms with Crippen LogP contribution in [0.15, 0.2) is 48.6 Å². The van der Waals surface area contributed by atoms with Gasteiger partial charge >= 0.3 is 23.9 Å². The van der Waals surface area contributed by atoms with E-state index in [2.05, 4.69) is 0 Å². The Hall–Kier alpha value is -5.28. The summed E-state index contributed by atoms with van der Waals surface area (Å²) in [4.78, 5) is 49.3. The number of rotatable bonds is 15. The molecule has 0 saturated carbocycles. The van der Waals surface area contributed by atoms with Gasteiger partial charge in [-0.3, -0.25) is 9.59 Å². The quantitative estimate of drug-likeness (QED) is 0.0770. The van der Waals surface area contributed by atoms with Gasteiger partial charge in [-0.05, 0) is 47.5 Å². The van der Waals surface area contributed by atoms with E-state index in [0.717, 1.165) is 26.0 Å². The van der Waals surface area contributed by atoms with Crippen molar-refractivity contribution in [3.05, 3.63) is 59.7 Å². The third-order valence-corrected chi connectivity index (χ3v) is 8.27. The van der Waals surface area contributed by atoms with Crippen LogP contribution < -0.4 is 9.47 Å².